The van der Waals surface area contributed by atoms with Crippen molar-refractivity contribution in [2.24, 2.45) is 0 Å². The molecule has 8 heteroatoms. The van der Waals surface area contributed by atoms with E-state index in [-0.39, 0.29) is 18.1 Å². The first kappa shape index (κ1) is 12.6. The first-order valence-corrected chi connectivity index (χ1v) is 7.48. The van der Waals surface area contributed by atoms with Gasteiger partial charge in [-0.3, -0.25) is 0 Å². The zero-order valence-electron chi connectivity index (χ0n) is 11.7. The van der Waals surface area contributed by atoms with Gasteiger partial charge < -0.3 is 10.2 Å². The average molecular weight is 290 g/mol. The van der Waals surface area contributed by atoms with Crippen molar-refractivity contribution in [3.05, 3.63) is 11.9 Å². The molecule has 4 rings (SSSR count). The van der Waals surface area contributed by atoms with Crippen LogP contribution < -0.4 is 5.32 Å². The maximum atomic E-state index is 12.3. The Bertz CT molecular complexity index is 581. The Morgan fingerprint density at radius 2 is 2.14 bits per heavy atom. The van der Waals surface area contributed by atoms with Gasteiger partial charge in [0.1, 0.15) is 0 Å². The SMILES string of the molecule is O=C1NCCN1C(=O)N1CCC(n2cc(C3CC3)nn2)C1. The Hall–Kier alpha value is -2.12. The van der Waals surface area contributed by atoms with Crippen LogP contribution in [-0.2, 0) is 0 Å². The van der Waals surface area contributed by atoms with E-state index >= 15 is 0 Å². The standard InChI is InChI=1S/C13H18N6O2/c20-12-14-4-6-18(12)13(21)17-5-3-10(7-17)19-8-11(15-16-19)9-1-2-9/h8-10H,1-7H2,(H,14,20). The molecular formula is C13H18N6O2. The number of likely N-dealkylation sites (tertiary alicyclic amines) is 1. The average Bonchev–Trinajstić information content (AvgIpc) is 2.94. The van der Waals surface area contributed by atoms with Crippen LogP contribution >= 0.6 is 0 Å². The molecule has 2 aliphatic heterocycles. The number of rotatable bonds is 2. The van der Waals surface area contributed by atoms with Crippen LogP contribution in [0.5, 0.6) is 0 Å². The molecule has 1 aromatic rings. The summed E-state index contributed by atoms with van der Waals surface area (Å²) in [5, 5.41) is 11.1. The maximum Gasteiger partial charge on any atom is 0.328 e. The summed E-state index contributed by atoms with van der Waals surface area (Å²) in [6, 6.07) is -0.324. The third-order valence-corrected chi connectivity index (χ3v) is 4.42. The van der Waals surface area contributed by atoms with Crippen LogP contribution in [-0.4, -0.2) is 63.0 Å². The Balaban J connectivity index is 1.41. The first-order valence-electron chi connectivity index (χ1n) is 7.48. The quantitative estimate of drug-likeness (QED) is 0.862. The van der Waals surface area contributed by atoms with Crippen molar-refractivity contribution in [3.8, 4) is 0 Å². The summed E-state index contributed by atoms with van der Waals surface area (Å²) in [6.45, 7) is 2.24. The fourth-order valence-electron chi connectivity index (χ4n) is 2.99. The van der Waals surface area contributed by atoms with Crippen molar-refractivity contribution < 1.29 is 9.59 Å². The lowest BCUT2D eigenvalue weighted by Gasteiger charge is -2.21. The molecule has 8 nitrogen and oxygen atoms in total. The topological polar surface area (TPSA) is 83.4 Å². The van der Waals surface area contributed by atoms with E-state index in [9.17, 15) is 9.59 Å². The van der Waals surface area contributed by atoms with E-state index in [1.807, 2.05) is 10.9 Å². The molecule has 4 amide bonds. The highest BCUT2D eigenvalue weighted by Crippen LogP contribution is 2.39. The summed E-state index contributed by atoms with van der Waals surface area (Å²) in [7, 11) is 0. The van der Waals surface area contributed by atoms with Crippen LogP contribution in [0.2, 0.25) is 0 Å². The molecule has 1 unspecified atom stereocenters. The number of imide groups is 1. The third-order valence-electron chi connectivity index (χ3n) is 4.42. The van der Waals surface area contributed by atoms with Gasteiger partial charge in [-0.25, -0.2) is 19.2 Å². The number of nitrogens with one attached hydrogen (secondary N) is 1. The molecule has 1 atom stereocenters. The van der Waals surface area contributed by atoms with Gasteiger partial charge in [0.2, 0.25) is 0 Å². The highest BCUT2D eigenvalue weighted by atomic mass is 16.2. The van der Waals surface area contributed by atoms with E-state index in [1.54, 1.807) is 4.90 Å². The number of amides is 4. The second kappa shape index (κ2) is 4.71. The zero-order chi connectivity index (χ0) is 14.4. The Labute approximate surface area is 122 Å². The lowest BCUT2D eigenvalue weighted by Crippen LogP contribution is -2.43. The predicted molar refractivity (Wildman–Crippen MR) is 72.7 cm³/mol. The van der Waals surface area contributed by atoms with Crippen LogP contribution in [0.1, 0.15) is 36.9 Å². The Morgan fingerprint density at radius 1 is 1.29 bits per heavy atom. The number of nitrogens with zero attached hydrogens (tertiary/aromatic N) is 5. The van der Waals surface area contributed by atoms with E-state index in [0.717, 1.165) is 12.1 Å². The molecule has 21 heavy (non-hydrogen) atoms. The molecule has 0 bridgehead atoms. The lowest BCUT2D eigenvalue weighted by molar-refractivity contribution is 0.170. The maximum absolute atomic E-state index is 12.3. The molecule has 0 aromatic carbocycles. The number of hydrogen-bond donors (Lipinski definition) is 1. The van der Waals surface area contributed by atoms with E-state index in [4.69, 9.17) is 0 Å². The molecule has 112 valence electrons. The molecule has 1 aromatic heterocycles. The molecule has 1 saturated carbocycles. The highest BCUT2D eigenvalue weighted by Gasteiger charge is 2.35. The van der Waals surface area contributed by atoms with E-state index in [0.29, 0.717) is 32.1 Å². The van der Waals surface area contributed by atoms with Crippen molar-refractivity contribution in [1.82, 2.24) is 30.1 Å². The molecule has 1 aliphatic carbocycles. The van der Waals surface area contributed by atoms with Gasteiger partial charge in [0.15, 0.2) is 0 Å². The monoisotopic (exact) mass is 290 g/mol. The fraction of sp³-hybridized carbons (Fsp3) is 0.692. The van der Waals surface area contributed by atoms with Gasteiger partial charge in [-0.2, -0.15) is 0 Å². The third kappa shape index (κ3) is 2.24. The van der Waals surface area contributed by atoms with Crippen molar-refractivity contribution >= 4 is 12.1 Å². The van der Waals surface area contributed by atoms with Gasteiger partial charge in [-0.05, 0) is 19.3 Å². The van der Waals surface area contributed by atoms with Crippen molar-refractivity contribution in [1.29, 1.82) is 0 Å². The van der Waals surface area contributed by atoms with Crippen LogP contribution in [0.4, 0.5) is 9.59 Å². The highest BCUT2D eigenvalue weighted by molar-refractivity contribution is 5.95. The second-order valence-electron chi connectivity index (χ2n) is 5.95. The van der Waals surface area contributed by atoms with Crippen LogP contribution in [0, 0.1) is 0 Å². The molecular weight excluding hydrogens is 272 g/mol. The summed E-state index contributed by atoms with van der Waals surface area (Å²) in [4.78, 5) is 26.9. The molecule has 1 N–H and O–H groups in total. The van der Waals surface area contributed by atoms with Gasteiger partial charge in [0, 0.05) is 38.3 Å². The second-order valence-corrected chi connectivity index (χ2v) is 5.95. The first-order chi connectivity index (χ1) is 10.2. The molecule has 3 heterocycles. The van der Waals surface area contributed by atoms with Gasteiger partial charge in [-0.15, -0.1) is 5.10 Å². The molecule has 0 radical (unpaired) electrons. The van der Waals surface area contributed by atoms with Crippen molar-refractivity contribution in [2.75, 3.05) is 26.2 Å². The molecule has 2 saturated heterocycles. The minimum Gasteiger partial charge on any atom is -0.336 e. The van der Waals surface area contributed by atoms with Crippen LogP contribution in [0.3, 0.4) is 0 Å². The van der Waals surface area contributed by atoms with E-state index < -0.39 is 0 Å². The predicted octanol–water partition coefficient (Wildman–Crippen LogP) is 0.547. The van der Waals surface area contributed by atoms with Crippen molar-refractivity contribution in [3.63, 3.8) is 0 Å². The van der Waals surface area contributed by atoms with Gasteiger partial charge in [0.25, 0.3) is 0 Å². The summed E-state index contributed by atoms with van der Waals surface area (Å²) >= 11 is 0. The summed E-state index contributed by atoms with van der Waals surface area (Å²) in [6.07, 6.45) is 5.28. The van der Waals surface area contributed by atoms with E-state index in [2.05, 4.69) is 15.6 Å². The Kier molecular flexibility index (Phi) is 2.83. The molecule has 0 spiro atoms. The van der Waals surface area contributed by atoms with Crippen LogP contribution in [0.25, 0.3) is 0 Å². The normalized spacial score (nSPS) is 25.5. The largest absolute Gasteiger partial charge is 0.336 e. The van der Waals surface area contributed by atoms with Gasteiger partial charge >= 0.3 is 12.1 Å². The minimum absolute atomic E-state index is 0.166. The molecule has 3 fully saturated rings. The summed E-state index contributed by atoms with van der Waals surface area (Å²) in [5.41, 5.74) is 1.07. The molecule has 3 aliphatic rings. The minimum atomic E-state index is -0.291. The lowest BCUT2D eigenvalue weighted by atomic mass is 10.2. The van der Waals surface area contributed by atoms with Crippen molar-refractivity contribution in [2.45, 2.75) is 31.2 Å². The number of carbonyl (C=O) groups is 2. The fourth-order valence-corrected chi connectivity index (χ4v) is 2.99. The number of carbonyl (C=O) groups excluding carboxylic acids is 2. The summed E-state index contributed by atoms with van der Waals surface area (Å²) < 4.78 is 1.88. The smallest absolute Gasteiger partial charge is 0.328 e. The number of urea groups is 2. The number of aromatic nitrogens is 3. The van der Waals surface area contributed by atoms with Gasteiger partial charge in [-0.1, -0.05) is 5.21 Å². The van der Waals surface area contributed by atoms with Crippen LogP contribution in [0.15, 0.2) is 6.20 Å². The van der Waals surface area contributed by atoms with E-state index in [1.165, 1.54) is 17.7 Å². The summed E-state index contributed by atoms with van der Waals surface area (Å²) in [5.74, 6) is 0.589. The zero-order valence-corrected chi connectivity index (χ0v) is 11.7. The Morgan fingerprint density at radius 3 is 2.86 bits per heavy atom. The number of hydrogen-bond acceptors (Lipinski definition) is 4. The van der Waals surface area contributed by atoms with Gasteiger partial charge in [0.05, 0.1) is 11.7 Å².